The number of esters is 1. The molecule has 1 aromatic heterocycles. The van der Waals surface area contributed by atoms with Crippen LogP contribution in [0.2, 0.25) is 0 Å². The Morgan fingerprint density at radius 1 is 1.13 bits per heavy atom. The molecule has 0 radical (unpaired) electrons. The number of hydrogen-bond donors (Lipinski definition) is 1. The summed E-state index contributed by atoms with van der Waals surface area (Å²) < 4.78 is 45.7. The summed E-state index contributed by atoms with van der Waals surface area (Å²) >= 11 is 0. The molecule has 1 heterocycles. The molecule has 7 nitrogen and oxygen atoms in total. The number of rotatable bonds is 6. The number of carbonyl (C=O) groups excluding carboxylic acids is 2. The first-order chi connectivity index (χ1) is 14.8. The van der Waals surface area contributed by atoms with E-state index in [0.29, 0.717) is 12.8 Å². The van der Waals surface area contributed by atoms with E-state index in [9.17, 15) is 22.8 Å². The SMILES string of the molecule is O=C(COC(=O)C1(c2ccccc2)CC1)Nc1cc(C(F)(F)F)ccc1-n1cncn1. The van der Waals surface area contributed by atoms with Gasteiger partial charge in [-0.15, -0.1) is 0 Å². The van der Waals surface area contributed by atoms with Crippen molar-refractivity contribution >= 4 is 17.6 Å². The Morgan fingerprint density at radius 2 is 1.87 bits per heavy atom. The van der Waals surface area contributed by atoms with Gasteiger partial charge < -0.3 is 10.1 Å². The van der Waals surface area contributed by atoms with Gasteiger partial charge in [0.1, 0.15) is 12.7 Å². The second-order valence-corrected chi connectivity index (χ2v) is 7.14. The number of amides is 1. The molecule has 4 rings (SSSR count). The number of halogens is 3. The van der Waals surface area contributed by atoms with E-state index in [4.69, 9.17) is 4.74 Å². The molecule has 0 aliphatic heterocycles. The summed E-state index contributed by atoms with van der Waals surface area (Å²) in [7, 11) is 0. The van der Waals surface area contributed by atoms with E-state index in [1.54, 1.807) is 0 Å². The summed E-state index contributed by atoms with van der Waals surface area (Å²) in [5.74, 6) is -1.30. The van der Waals surface area contributed by atoms with Gasteiger partial charge in [-0.3, -0.25) is 9.59 Å². The standard InChI is InChI=1S/C21H17F3N4O3/c22-21(23,24)15-6-7-17(28-13-25-12-26-28)16(10-15)27-18(29)11-31-19(30)20(8-9-20)14-4-2-1-3-5-14/h1-7,10,12-13H,8-9,11H2,(H,27,29). The molecule has 2 aromatic carbocycles. The topological polar surface area (TPSA) is 86.1 Å². The Balaban J connectivity index is 1.47. The molecule has 1 amide bonds. The van der Waals surface area contributed by atoms with E-state index >= 15 is 0 Å². The molecule has 0 atom stereocenters. The van der Waals surface area contributed by atoms with Gasteiger partial charge in [-0.25, -0.2) is 9.67 Å². The van der Waals surface area contributed by atoms with E-state index in [2.05, 4.69) is 15.4 Å². The zero-order chi connectivity index (χ0) is 22.1. The van der Waals surface area contributed by atoms with Crippen LogP contribution in [0.5, 0.6) is 0 Å². The van der Waals surface area contributed by atoms with Crippen LogP contribution >= 0.6 is 0 Å². The van der Waals surface area contributed by atoms with Crippen LogP contribution in [0.15, 0.2) is 61.2 Å². The van der Waals surface area contributed by atoms with Gasteiger partial charge in [0.2, 0.25) is 0 Å². The third-order valence-electron chi connectivity index (χ3n) is 5.07. The molecule has 1 saturated carbocycles. The Labute approximate surface area is 174 Å². The molecular weight excluding hydrogens is 413 g/mol. The average molecular weight is 430 g/mol. The Bertz CT molecular complexity index is 1090. The van der Waals surface area contributed by atoms with Crippen LogP contribution in [-0.4, -0.2) is 33.2 Å². The number of nitrogens with zero attached hydrogens (tertiary/aromatic N) is 3. The lowest BCUT2D eigenvalue weighted by Gasteiger charge is -2.16. The van der Waals surface area contributed by atoms with Crippen LogP contribution in [0.3, 0.4) is 0 Å². The van der Waals surface area contributed by atoms with Gasteiger partial charge in [0.05, 0.1) is 22.4 Å². The highest BCUT2D eigenvalue weighted by atomic mass is 19.4. The van der Waals surface area contributed by atoms with Gasteiger partial charge in [-0.1, -0.05) is 30.3 Å². The maximum Gasteiger partial charge on any atom is 0.416 e. The van der Waals surface area contributed by atoms with Gasteiger partial charge in [-0.05, 0) is 36.6 Å². The van der Waals surface area contributed by atoms with Crippen molar-refractivity contribution < 1.29 is 27.5 Å². The minimum Gasteiger partial charge on any atom is -0.455 e. The summed E-state index contributed by atoms with van der Waals surface area (Å²) in [5, 5.41) is 6.26. The quantitative estimate of drug-likeness (QED) is 0.605. The number of alkyl halides is 3. The zero-order valence-corrected chi connectivity index (χ0v) is 16.1. The lowest BCUT2D eigenvalue weighted by Crippen LogP contribution is -2.28. The van der Waals surface area contributed by atoms with Crippen LogP contribution in [0.4, 0.5) is 18.9 Å². The Hall–Kier alpha value is -3.69. The fourth-order valence-electron chi connectivity index (χ4n) is 3.29. The normalized spacial score (nSPS) is 14.7. The number of hydrogen-bond acceptors (Lipinski definition) is 5. The average Bonchev–Trinajstić information content (AvgIpc) is 3.39. The minimum atomic E-state index is -4.60. The van der Waals surface area contributed by atoms with Crippen LogP contribution < -0.4 is 5.32 Å². The van der Waals surface area contributed by atoms with E-state index in [1.165, 1.54) is 23.4 Å². The molecule has 0 bridgehead atoms. The Kier molecular flexibility index (Phi) is 5.22. The van der Waals surface area contributed by atoms with Crippen molar-refractivity contribution in [2.75, 3.05) is 11.9 Å². The third-order valence-corrected chi connectivity index (χ3v) is 5.07. The highest BCUT2D eigenvalue weighted by Crippen LogP contribution is 2.49. The van der Waals surface area contributed by atoms with E-state index in [0.717, 1.165) is 17.7 Å². The van der Waals surface area contributed by atoms with Crippen molar-refractivity contribution in [3.63, 3.8) is 0 Å². The molecule has 0 unspecified atom stereocenters. The van der Waals surface area contributed by atoms with Crippen LogP contribution in [0.25, 0.3) is 5.69 Å². The predicted octanol–water partition coefficient (Wildman–Crippen LogP) is 3.50. The van der Waals surface area contributed by atoms with Gasteiger partial charge in [0.25, 0.3) is 5.91 Å². The lowest BCUT2D eigenvalue weighted by molar-refractivity contribution is -0.150. The first-order valence-corrected chi connectivity index (χ1v) is 9.38. The molecular formula is C21H17F3N4O3. The van der Waals surface area contributed by atoms with Crippen molar-refractivity contribution in [2.24, 2.45) is 0 Å². The van der Waals surface area contributed by atoms with Crippen molar-refractivity contribution in [1.29, 1.82) is 0 Å². The smallest absolute Gasteiger partial charge is 0.416 e. The second-order valence-electron chi connectivity index (χ2n) is 7.14. The van der Waals surface area contributed by atoms with Crippen molar-refractivity contribution in [2.45, 2.75) is 24.4 Å². The van der Waals surface area contributed by atoms with Gasteiger partial charge in [-0.2, -0.15) is 18.3 Å². The molecule has 1 aliphatic carbocycles. The fourth-order valence-corrected chi connectivity index (χ4v) is 3.29. The molecule has 1 N–H and O–H groups in total. The number of nitrogens with one attached hydrogen (secondary N) is 1. The first-order valence-electron chi connectivity index (χ1n) is 9.38. The van der Waals surface area contributed by atoms with Gasteiger partial charge in [0, 0.05) is 0 Å². The maximum absolute atomic E-state index is 13.1. The Morgan fingerprint density at radius 3 is 2.48 bits per heavy atom. The molecule has 10 heteroatoms. The number of anilines is 1. The molecule has 1 aliphatic rings. The van der Waals surface area contributed by atoms with Gasteiger partial charge >= 0.3 is 12.1 Å². The summed E-state index contributed by atoms with van der Waals surface area (Å²) in [4.78, 5) is 28.7. The number of aromatic nitrogens is 3. The second kappa shape index (κ2) is 7.86. The zero-order valence-electron chi connectivity index (χ0n) is 16.1. The summed E-state index contributed by atoms with van der Waals surface area (Å²) in [6, 6.07) is 12.0. The molecule has 0 saturated heterocycles. The number of ether oxygens (including phenoxy) is 1. The monoisotopic (exact) mass is 430 g/mol. The predicted molar refractivity (Wildman–Crippen MR) is 103 cm³/mol. The molecule has 1 fully saturated rings. The third kappa shape index (κ3) is 4.27. The highest BCUT2D eigenvalue weighted by Gasteiger charge is 2.52. The van der Waals surface area contributed by atoms with Crippen LogP contribution in [0.1, 0.15) is 24.0 Å². The largest absolute Gasteiger partial charge is 0.455 e. The highest BCUT2D eigenvalue weighted by molar-refractivity contribution is 5.96. The van der Waals surface area contributed by atoms with Crippen molar-refractivity contribution in [1.82, 2.24) is 14.8 Å². The van der Waals surface area contributed by atoms with Crippen LogP contribution in [-0.2, 0) is 25.9 Å². The van der Waals surface area contributed by atoms with Gasteiger partial charge in [0.15, 0.2) is 6.61 Å². The maximum atomic E-state index is 13.1. The first kappa shape index (κ1) is 20.6. The summed E-state index contributed by atoms with van der Waals surface area (Å²) in [6.07, 6.45) is -0.872. The van der Waals surface area contributed by atoms with Crippen LogP contribution in [0, 0.1) is 0 Å². The van der Waals surface area contributed by atoms with Crippen molar-refractivity contribution in [3.05, 3.63) is 72.3 Å². The van der Waals surface area contributed by atoms with E-state index in [1.807, 2.05) is 30.3 Å². The van der Waals surface area contributed by atoms with E-state index < -0.39 is 35.6 Å². The molecule has 31 heavy (non-hydrogen) atoms. The lowest BCUT2D eigenvalue weighted by atomic mass is 9.96. The fraction of sp³-hybridized carbons (Fsp3) is 0.238. The molecule has 3 aromatic rings. The number of benzene rings is 2. The van der Waals surface area contributed by atoms with E-state index in [-0.39, 0.29) is 11.4 Å². The van der Waals surface area contributed by atoms with Crippen molar-refractivity contribution in [3.8, 4) is 5.69 Å². The summed E-state index contributed by atoms with van der Waals surface area (Å²) in [6.45, 7) is -0.625. The number of carbonyl (C=O) groups is 2. The molecule has 0 spiro atoms. The summed E-state index contributed by atoms with van der Waals surface area (Å²) in [5.41, 5.74) is -0.834. The molecule has 160 valence electrons. The minimum absolute atomic E-state index is 0.134.